The fourth-order valence-corrected chi connectivity index (χ4v) is 7.70. The van der Waals surface area contributed by atoms with Gasteiger partial charge in [0.25, 0.3) is 0 Å². The minimum atomic E-state index is -0.739. The largest absolute Gasteiger partial charge is 0.481 e. The third kappa shape index (κ3) is 7.10. The highest BCUT2D eigenvalue weighted by Gasteiger charge is 2.28. The van der Waals surface area contributed by atoms with Crippen molar-refractivity contribution in [2.75, 3.05) is 36.8 Å². The molecule has 0 spiro atoms. The number of carboxylic acids is 1. The van der Waals surface area contributed by atoms with Crippen LogP contribution in [0.5, 0.6) is 0 Å². The molecule has 6 heterocycles. The lowest BCUT2D eigenvalue weighted by atomic mass is 10.0. The predicted molar refractivity (Wildman–Crippen MR) is 204 cm³/mol. The first-order valence-electron chi connectivity index (χ1n) is 17.2. The smallest absolute Gasteiger partial charge is 0.307 e. The van der Waals surface area contributed by atoms with Crippen LogP contribution in [-0.4, -0.2) is 78.2 Å². The van der Waals surface area contributed by atoms with E-state index in [1.54, 1.807) is 12.4 Å². The first kappa shape index (κ1) is 34.2. The normalized spacial score (nSPS) is 18.0. The molecular formula is C39H36Cl2N8O3. The number of likely N-dealkylation sites (tertiary alicyclic amines) is 2. The fourth-order valence-electron chi connectivity index (χ4n) is 7.15. The lowest BCUT2D eigenvalue weighted by molar-refractivity contribution is -0.141. The van der Waals surface area contributed by atoms with Gasteiger partial charge in [-0.3, -0.25) is 24.6 Å². The van der Waals surface area contributed by atoms with Crippen LogP contribution in [0.2, 0.25) is 10.0 Å². The Bertz CT molecular complexity index is 2310. The molecule has 2 fully saturated rings. The number of aliphatic hydroxyl groups is 1. The molecule has 52 heavy (non-hydrogen) atoms. The number of aliphatic carboxylic acids is 1. The molecular weight excluding hydrogens is 699 g/mol. The summed E-state index contributed by atoms with van der Waals surface area (Å²) >= 11 is 14.1. The maximum atomic E-state index is 11.4. The number of hydrogen-bond donors (Lipinski definition) is 4. The average molecular weight is 736 g/mol. The van der Waals surface area contributed by atoms with Crippen molar-refractivity contribution in [2.45, 2.75) is 32.0 Å². The second kappa shape index (κ2) is 14.6. The topological polar surface area (TPSA) is 140 Å². The molecule has 2 aromatic carbocycles. The van der Waals surface area contributed by atoms with Crippen LogP contribution >= 0.6 is 23.2 Å². The minimum absolute atomic E-state index is 0.264. The summed E-state index contributed by atoms with van der Waals surface area (Å²) in [4.78, 5) is 34.4. The zero-order valence-electron chi connectivity index (χ0n) is 28.1. The van der Waals surface area contributed by atoms with Gasteiger partial charge in [-0.2, -0.15) is 0 Å². The van der Waals surface area contributed by atoms with E-state index < -0.39 is 5.97 Å². The maximum Gasteiger partial charge on any atom is 0.307 e. The molecule has 2 saturated heterocycles. The number of aliphatic hydroxyl groups excluding tert-OH is 1. The molecule has 0 radical (unpaired) electrons. The van der Waals surface area contributed by atoms with Gasteiger partial charge < -0.3 is 20.8 Å². The second-order valence-electron chi connectivity index (χ2n) is 13.5. The van der Waals surface area contributed by atoms with Crippen LogP contribution in [-0.2, 0) is 17.9 Å². The number of fused-ring (bicyclic) bond motifs is 2. The van der Waals surface area contributed by atoms with Gasteiger partial charge in [-0.1, -0.05) is 47.5 Å². The van der Waals surface area contributed by atoms with Crippen molar-refractivity contribution in [3.05, 3.63) is 107 Å². The van der Waals surface area contributed by atoms with Gasteiger partial charge in [0.2, 0.25) is 0 Å². The number of nitrogens with zero attached hydrogens (tertiary/aromatic N) is 6. The van der Waals surface area contributed by atoms with Crippen LogP contribution in [0.25, 0.3) is 32.9 Å². The molecule has 264 valence electrons. The van der Waals surface area contributed by atoms with Gasteiger partial charge in [-0.05, 0) is 66.9 Å². The van der Waals surface area contributed by atoms with Crippen LogP contribution in [0.4, 0.5) is 23.0 Å². The fraction of sp³-hybridized carbons (Fsp3) is 0.256. The number of benzene rings is 2. The molecule has 0 bridgehead atoms. The van der Waals surface area contributed by atoms with Gasteiger partial charge in [0, 0.05) is 79.4 Å². The van der Waals surface area contributed by atoms with E-state index in [4.69, 9.17) is 33.2 Å². The quantitative estimate of drug-likeness (QED) is 0.111. The molecule has 2 aliphatic rings. The number of halogens is 2. The Morgan fingerprint density at radius 1 is 0.731 bits per heavy atom. The molecule has 13 heteroatoms. The number of β-amino-alcohol motifs (C(OH)–C–C–N with tert-alkyl or cyclic N) is 1. The SMILES string of the molecule is O=C(O)[C@@H]1CCN(Cc2cnc3c(Nc4cccc(-c5cccc(Nc6nccc7cc(CN8CC[C@@H](O)C8)cnc67)c5Cl)c4Cl)nccc3c2)C1. The van der Waals surface area contributed by atoms with Crippen LogP contribution < -0.4 is 10.6 Å². The summed E-state index contributed by atoms with van der Waals surface area (Å²) in [5.74, 6) is 0.0884. The Hall–Kier alpha value is -4.91. The molecule has 2 aliphatic heterocycles. The van der Waals surface area contributed by atoms with E-state index in [9.17, 15) is 15.0 Å². The highest BCUT2D eigenvalue weighted by molar-refractivity contribution is 6.39. The van der Waals surface area contributed by atoms with E-state index >= 15 is 0 Å². The highest BCUT2D eigenvalue weighted by atomic mass is 35.5. The van der Waals surface area contributed by atoms with Crippen molar-refractivity contribution < 1.29 is 15.0 Å². The summed E-state index contributed by atoms with van der Waals surface area (Å²) in [5, 5.41) is 28.9. The Morgan fingerprint density at radius 2 is 1.25 bits per heavy atom. The lowest BCUT2D eigenvalue weighted by Gasteiger charge is -2.17. The molecule has 8 rings (SSSR count). The standard InChI is InChI=1S/C39H36Cl2N8O3/c40-33-29(3-1-5-31(33)46-37-35-25(7-11-42-37)15-23(17-44-35)19-48-13-9-27(21-48)39(51)52)30-4-2-6-32(34(30)41)47-38-36-26(8-12-43-38)16-24(18-45-36)20-49-14-10-28(50)22-49/h1-8,11-12,15-18,27-28,50H,9-10,13-14,19-22H2,(H,42,46)(H,43,47)(H,51,52)/t27-,28-/m1/s1. The van der Waals surface area contributed by atoms with Crippen LogP contribution in [0.1, 0.15) is 24.0 Å². The highest BCUT2D eigenvalue weighted by Crippen LogP contribution is 2.42. The van der Waals surface area contributed by atoms with Gasteiger partial charge >= 0.3 is 5.97 Å². The van der Waals surface area contributed by atoms with Gasteiger partial charge in [-0.15, -0.1) is 0 Å². The molecule has 2 atom stereocenters. The van der Waals surface area contributed by atoms with Crippen molar-refractivity contribution in [1.29, 1.82) is 0 Å². The van der Waals surface area contributed by atoms with Crippen molar-refractivity contribution >= 4 is 74.0 Å². The minimum Gasteiger partial charge on any atom is -0.481 e. The molecule has 0 saturated carbocycles. The lowest BCUT2D eigenvalue weighted by Crippen LogP contribution is -2.22. The molecule has 0 amide bonds. The zero-order chi connectivity index (χ0) is 35.8. The van der Waals surface area contributed by atoms with E-state index in [0.717, 1.165) is 64.6 Å². The monoisotopic (exact) mass is 734 g/mol. The molecule has 4 aromatic heterocycles. The molecule has 11 nitrogen and oxygen atoms in total. The van der Waals surface area contributed by atoms with E-state index in [2.05, 4.69) is 42.5 Å². The first-order chi connectivity index (χ1) is 25.3. The van der Waals surface area contributed by atoms with Gasteiger partial charge in [0.1, 0.15) is 11.0 Å². The van der Waals surface area contributed by atoms with Crippen LogP contribution in [0, 0.1) is 5.92 Å². The Kier molecular flexibility index (Phi) is 9.61. The van der Waals surface area contributed by atoms with Crippen LogP contribution in [0.15, 0.2) is 85.5 Å². The summed E-state index contributed by atoms with van der Waals surface area (Å²) < 4.78 is 0. The summed E-state index contributed by atoms with van der Waals surface area (Å²) in [6.07, 6.45) is 8.35. The van der Waals surface area contributed by atoms with Gasteiger partial charge in [-0.25, -0.2) is 9.97 Å². The first-order valence-corrected chi connectivity index (χ1v) is 18.0. The number of carboxylic acid groups (broad SMARTS) is 1. The molecule has 0 aliphatic carbocycles. The number of carbonyl (C=O) groups is 1. The van der Waals surface area contributed by atoms with Crippen molar-refractivity contribution in [3.8, 4) is 11.1 Å². The summed E-state index contributed by atoms with van der Waals surface area (Å²) in [7, 11) is 0. The third-order valence-corrected chi connectivity index (χ3v) is 10.6. The van der Waals surface area contributed by atoms with Crippen molar-refractivity contribution in [2.24, 2.45) is 5.92 Å². The molecule has 0 unspecified atom stereocenters. The number of hydrogen-bond acceptors (Lipinski definition) is 10. The maximum absolute atomic E-state index is 11.4. The van der Waals surface area contributed by atoms with Crippen molar-refractivity contribution in [1.82, 2.24) is 29.7 Å². The summed E-state index contributed by atoms with van der Waals surface area (Å²) in [5.41, 5.74) is 6.30. The van der Waals surface area contributed by atoms with E-state index in [1.165, 1.54) is 0 Å². The summed E-state index contributed by atoms with van der Waals surface area (Å²) in [6.45, 7) is 4.21. The number of anilines is 4. The Labute approximate surface area is 310 Å². The second-order valence-corrected chi connectivity index (χ2v) is 14.2. The summed E-state index contributed by atoms with van der Waals surface area (Å²) in [6, 6.07) is 19.5. The molecule has 4 N–H and O–H groups in total. The van der Waals surface area contributed by atoms with Crippen molar-refractivity contribution in [3.63, 3.8) is 0 Å². The number of aromatic nitrogens is 4. The number of nitrogens with one attached hydrogen (secondary N) is 2. The average Bonchev–Trinajstić information content (AvgIpc) is 3.79. The predicted octanol–water partition coefficient (Wildman–Crippen LogP) is 7.51. The van der Waals surface area contributed by atoms with Gasteiger partial charge in [0.15, 0.2) is 11.6 Å². The molecule has 6 aromatic rings. The van der Waals surface area contributed by atoms with E-state index in [0.29, 0.717) is 64.6 Å². The van der Waals surface area contributed by atoms with Crippen LogP contribution in [0.3, 0.4) is 0 Å². The Morgan fingerprint density at radius 3 is 1.73 bits per heavy atom. The van der Waals surface area contributed by atoms with E-state index in [-0.39, 0.29) is 12.0 Å². The Balaban J connectivity index is 1.02. The third-order valence-electron chi connectivity index (χ3n) is 9.79. The van der Waals surface area contributed by atoms with Gasteiger partial charge in [0.05, 0.1) is 33.4 Å². The number of pyridine rings is 4. The van der Waals surface area contributed by atoms with E-state index in [1.807, 2.05) is 60.9 Å². The zero-order valence-corrected chi connectivity index (χ0v) is 29.6. The number of rotatable bonds is 10.